The quantitative estimate of drug-likeness (QED) is 0.616. The fourth-order valence-corrected chi connectivity index (χ4v) is 2.59. The number of benzene rings is 2. The molecule has 0 unspecified atom stereocenters. The number of para-hydroxylation sites is 1. The third-order valence-corrected chi connectivity index (χ3v) is 4.25. The van der Waals surface area contributed by atoms with Gasteiger partial charge in [-0.1, -0.05) is 51.1 Å². The molecule has 0 aliphatic rings. The molecule has 5 heteroatoms. The molecule has 0 radical (unpaired) electrons. The number of carbonyl (C=O) groups is 2. The van der Waals surface area contributed by atoms with Crippen molar-refractivity contribution < 1.29 is 14.7 Å². The molecule has 0 fully saturated rings. The molecule has 2 rings (SSSR count). The highest BCUT2D eigenvalue weighted by Crippen LogP contribution is 2.29. The van der Waals surface area contributed by atoms with E-state index >= 15 is 0 Å². The van der Waals surface area contributed by atoms with Crippen molar-refractivity contribution in [3.05, 3.63) is 60.2 Å². The lowest BCUT2D eigenvalue weighted by Gasteiger charge is -2.18. The number of amides is 1. The smallest absolute Gasteiger partial charge is 0.229 e. The number of thioether (sulfide) groups is 1. The van der Waals surface area contributed by atoms with E-state index in [9.17, 15) is 14.7 Å². The molecule has 0 aliphatic carbocycles. The van der Waals surface area contributed by atoms with Gasteiger partial charge in [0.25, 0.3) is 0 Å². The average Bonchev–Trinajstić information content (AvgIpc) is 2.55. The van der Waals surface area contributed by atoms with Crippen molar-refractivity contribution in [3.8, 4) is 5.75 Å². The highest BCUT2D eigenvalue weighted by atomic mass is 32.2. The molecule has 4 nitrogen and oxygen atoms in total. The molecule has 0 saturated heterocycles. The van der Waals surface area contributed by atoms with Crippen molar-refractivity contribution in [1.29, 1.82) is 0 Å². The van der Waals surface area contributed by atoms with Gasteiger partial charge < -0.3 is 10.4 Å². The van der Waals surface area contributed by atoms with Gasteiger partial charge in [0.1, 0.15) is 5.75 Å². The summed E-state index contributed by atoms with van der Waals surface area (Å²) in [6.45, 7) is 5.51. The second-order valence-electron chi connectivity index (χ2n) is 6.55. The molecule has 0 spiro atoms. The maximum Gasteiger partial charge on any atom is 0.229 e. The normalized spacial score (nSPS) is 11.5. The summed E-state index contributed by atoms with van der Waals surface area (Å²) in [4.78, 5) is 25.1. The first kappa shape index (κ1) is 18.8. The van der Waals surface area contributed by atoms with E-state index in [1.54, 1.807) is 42.5 Å². The molecule has 25 heavy (non-hydrogen) atoms. The first-order valence-electron chi connectivity index (χ1n) is 7.85. The van der Waals surface area contributed by atoms with Crippen molar-refractivity contribution in [2.24, 2.45) is 5.41 Å². The highest BCUT2D eigenvalue weighted by Gasteiger charge is 2.22. The molecular formula is C20H21NO3S. The molecule has 0 aliphatic heterocycles. The van der Waals surface area contributed by atoms with Crippen LogP contribution in [0.25, 0.3) is 6.08 Å². The van der Waals surface area contributed by atoms with E-state index in [2.05, 4.69) is 5.32 Å². The van der Waals surface area contributed by atoms with Crippen LogP contribution in [0.15, 0.2) is 59.5 Å². The van der Waals surface area contributed by atoms with Crippen molar-refractivity contribution >= 4 is 34.5 Å². The Morgan fingerprint density at radius 1 is 1.04 bits per heavy atom. The van der Waals surface area contributed by atoms with Crippen LogP contribution in [0.3, 0.4) is 0 Å². The second kappa shape index (κ2) is 8.03. The van der Waals surface area contributed by atoms with Crippen LogP contribution in [0.1, 0.15) is 26.3 Å². The molecule has 130 valence electrons. The SMILES string of the molecule is CC(C)(C)C(=O)Nc1ccccc1SC(=O)/C=C/c1ccc(O)cc1. The third kappa shape index (κ3) is 5.80. The van der Waals surface area contributed by atoms with Gasteiger partial charge in [-0.3, -0.25) is 9.59 Å². The summed E-state index contributed by atoms with van der Waals surface area (Å²) >= 11 is 1.06. The van der Waals surface area contributed by atoms with Crippen LogP contribution in [0.4, 0.5) is 5.69 Å². The summed E-state index contributed by atoms with van der Waals surface area (Å²) in [5.74, 6) is 0.0778. The number of anilines is 1. The first-order chi connectivity index (χ1) is 11.8. The fraction of sp³-hybridized carbons (Fsp3) is 0.200. The molecule has 1 amide bonds. The monoisotopic (exact) mass is 355 g/mol. The van der Waals surface area contributed by atoms with Gasteiger partial charge in [0.05, 0.1) is 5.69 Å². The van der Waals surface area contributed by atoms with Crippen molar-refractivity contribution in [2.75, 3.05) is 5.32 Å². The maximum atomic E-state index is 12.2. The van der Waals surface area contributed by atoms with E-state index in [4.69, 9.17) is 0 Å². The van der Waals surface area contributed by atoms with Crippen LogP contribution < -0.4 is 5.32 Å². The third-order valence-electron chi connectivity index (χ3n) is 3.33. The Morgan fingerprint density at radius 3 is 2.32 bits per heavy atom. The zero-order valence-electron chi connectivity index (χ0n) is 14.4. The van der Waals surface area contributed by atoms with Crippen LogP contribution in [0, 0.1) is 5.41 Å². The lowest BCUT2D eigenvalue weighted by Crippen LogP contribution is -2.27. The number of hydrogen-bond acceptors (Lipinski definition) is 4. The molecule has 2 aromatic rings. The second-order valence-corrected chi connectivity index (χ2v) is 7.59. The number of carbonyl (C=O) groups excluding carboxylic acids is 2. The molecule has 0 saturated carbocycles. The lowest BCUT2D eigenvalue weighted by atomic mass is 9.95. The van der Waals surface area contributed by atoms with Crippen molar-refractivity contribution in [2.45, 2.75) is 25.7 Å². The number of aromatic hydroxyl groups is 1. The summed E-state index contributed by atoms with van der Waals surface area (Å²) in [6, 6.07) is 13.8. The Balaban J connectivity index is 2.08. The van der Waals surface area contributed by atoms with E-state index in [-0.39, 0.29) is 16.8 Å². The minimum Gasteiger partial charge on any atom is -0.508 e. The minimum absolute atomic E-state index is 0.104. The van der Waals surface area contributed by atoms with E-state index in [0.29, 0.717) is 10.6 Å². The van der Waals surface area contributed by atoms with Crippen molar-refractivity contribution in [1.82, 2.24) is 0 Å². The van der Waals surface area contributed by atoms with Gasteiger partial charge in [0.2, 0.25) is 11.0 Å². The Kier molecular flexibility index (Phi) is 6.04. The zero-order valence-corrected chi connectivity index (χ0v) is 15.3. The minimum atomic E-state index is -0.513. The van der Waals surface area contributed by atoms with Crippen LogP contribution in [0.5, 0.6) is 5.75 Å². The zero-order chi connectivity index (χ0) is 18.4. The van der Waals surface area contributed by atoms with Crippen LogP contribution in [0.2, 0.25) is 0 Å². The first-order valence-corrected chi connectivity index (χ1v) is 8.67. The molecule has 0 heterocycles. The summed E-state index contributed by atoms with van der Waals surface area (Å²) in [6.07, 6.45) is 3.16. The van der Waals surface area contributed by atoms with Crippen LogP contribution in [-0.2, 0) is 9.59 Å². The Morgan fingerprint density at radius 2 is 1.68 bits per heavy atom. The van der Waals surface area contributed by atoms with E-state index < -0.39 is 5.41 Å². The summed E-state index contributed by atoms with van der Waals surface area (Å²) < 4.78 is 0. The molecule has 0 aromatic heterocycles. The number of nitrogens with one attached hydrogen (secondary N) is 1. The van der Waals surface area contributed by atoms with Crippen molar-refractivity contribution in [3.63, 3.8) is 0 Å². The van der Waals surface area contributed by atoms with Gasteiger partial charge in [-0.2, -0.15) is 0 Å². The maximum absolute atomic E-state index is 12.2. The summed E-state index contributed by atoms with van der Waals surface area (Å²) in [5.41, 5.74) is 0.931. The Hall–Kier alpha value is -2.53. The predicted molar refractivity (Wildman–Crippen MR) is 103 cm³/mol. The standard InChI is InChI=1S/C20H21NO3S/c1-20(2,3)19(24)21-16-6-4-5-7-17(16)25-18(23)13-10-14-8-11-15(22)12-9-14/h4-13,22H,1-3H3,(H,21,24)/b13-10+. The van der Waals surface area contributed by atoms with Gasteiger partial charge in [0, 0.05) is 10.3 Å². The van der Waals surface area contributed by atoms with Crippen LogP contribution in [-0.4, -0.2) is 16.1 Å². The average molecular weight is 355 g/mol. The number of rotatable bonds is 4. The molecule has 2 aromatic carbocycles. The predicted octanol–water partition coefficient (Wildman–Crippen LogP) is 4.71. The summed E-state index contributed by atoms with van der Waals surface area (Å²) in [5, 5.41) is 12.0. The molecule has 0 atom stereocenters. The number of hydrogen-bond donors (Lipinski definition) is 2. The van der Waals surface area contributed by atoms with Gasteiger partial charge in [-0.05, 0) is 47.7 Å². The molecule has 0 bridgehead atoms. The molecule has 2 N–H and O–H groups in total. The topological polar surface area (TPSA) is 66.4 Å². The van der Waals surface area contributed by atoms with Crippen LogP contribution >= 0.6 is 11.8 Å². The molecular weight excluding hydrogens is 334 g/mol. The Bertz CT molecular complexity index is 789. The van der Waals surface area contributed by atoms with Gasteiger partial charge in [0.15, 0.2) is 0 Å². The largest absolute Gasteiger partial charge is 0.508 e. The lowest BCUT2D eigenvalue weighted by molar-refractivity contribution is -0.123. The number of phenols is 1. The van der Waals surface area contributed by atoms with Gasteiger partial charge in [-0.25, -0.2) is 0 Å². The fourth-order valence-electron chi connectivity index (χ4n) is 1.86. The van der Waals surface area contributed by atoms with E-state index in [0.717, 1.165) is 17.3 Å². The Labute approximate surface area is 152 Å². The van der Waals surface area contributed by atoms with Gasteiger partial charge in [-0.15, -0.1) is 0 Å². The van der Waals surface area contributed by atoms with Gasteiger partial charge >= 0.3 is 0 Å². The highest BCUT2D eigenvalue weighted by molar-refractivity contribution is 8.14. The number of phenolic OH excluding ortho intramolecular Hbond substituents is 1. The summed E-state index contributed by atoms with van der Waals surface area (Å²) in [7, 11) is 0. The van der Waals surface area contributed by atoms with E-state index in [1.165, 1.54) is 6.08 Å². The van der Waals surface area contributed by atoms with E-state index in [1.807, 2.05) is 32.9 Å².